The zero-order valence-corrected chi connectivity index (χ0v) is 13.8. The topological polar surface area (TPSA) is 58.9 Å². The molecule has 2 heterocycles. The molecule has 0 atom stereocenters. The summed E-state index contributed by atoms with van der Waals surface area (Å²) in [4.78, 5) is 19.2. The van der Waals surface area contributed by atoms with E-state index in [1.54, 1.807) is 18.2 Å². The van der Waals surface area contributed by atoms with Gasteiger partial charge in [-0.25, -0.2) is 4.98 Å². The van der Waals surface area contributed by atoms with Gasteiger partial charge in [0.25, 0.3) is 5.56 Å². The van der Waals surface area contributed by atoms with Crippen molar-refractivity contribution in [2.45, 2.75) is 0 Å². The molecule has 0 aliphatic heterocycles. The third-order valence-electron chi connectivity index (χ3n) is 3.79. The number of nitrogens with zero attached hydrogens (tertiary/aromatic N) is 1. The van der Waals surface area contributed by atoms with Gasteiger partial charge < -0.3 is 9.40 Å². The highest BCUT2D eigenvalue weighted by Gasteiger charge is 2.04. The Balaban J connectivity index is 1.62. The van der Waals surface area contributed by atoms with E-state index in [0.717, 1.165) is 11.3 Å². The number of aromatic nitrogens is 2. The largest absolute Gasteiger partial charge is 0.457 e. The van der Waals surface area contributed by atoms with Crippen molar-refractivity contribution in [3.63, 3.8) is 0 Å². The van der Waals surface area contributed by atoms with Crippen LogP contribution >= 0.6 is 11.6 Å². The van der Waals surface area contributed by atoms with E-state index in [9.17, 15) is 4.79 Å². The molecule has 0 fully saturated rings. The molecule has 4 nitrogen and oxygen atoms in total. The van der Waals surface area contributed by atoms with Gasteiger partial charge in [-0.15, -0.1) is 0 Å². The minimum Gasteiger partial charge on any atom is -0.457 e. The number of hydrogen-bond donors (Lipinski definition) is 1. The summed E-state index contributed by atoms with van der Waals surface area (Å²) in [7, 11) is 0. The fraction of sp³-hybridized carbons (Fsp3) is 0. The van der Waals surface area contributed by atoms with Crippen molar-refractivity contribution in [2.75, 3.05) is 0 Å². The number of aromatic amines is 1. The van der Waals surface area contributed by atoms with E-state index in [4.69, 9.17) is 16.0 Å². The molecule has 0 spiro atoms. The second kappa shape index (κ2) is 6.42. The number of H-pyrrole nitrogens is 1. The Morgan fingerprint density at radius 1 is 0.960 bits per heavy atom. The molecule has 1 N–H and O–H groups in total. The first-order chi connectivity index (χ1) is 12.2. The van der Waals surface area contributed by atoms with Crippen LogP contribution in [0.4, 0.5) is 0 Å². The van der Waals surface area contributed by atoms with Gasteiger partial charge in [-0.2, -0.15) is 0 Å². The molecule has 0 radical (unpaired) electrons. The van der Waals surface area contributed by atoms with E-state index in [-0.39, 0.29) is 5.56 Å². The van der Waals surface area contributed by atoms with Crippen LogP contribution in [0.15, 0.2) is 69.9 Å². The average molecular weight is 349 g/mol. The minimum absolute atomic E-state index is 0.161. The molecule has 25 heavy (non-hydrogen) atoms. The maximum atomic E-state index is 12.1. The van der Waals surface area contributed by atoms with E-state index in [1.807, 2.05) is 54.6 Å². The Kier molecular flexibility index (Phi) is 3.96. The van der Waals surface area contributed by atoms with Gasteiger partial charge in [0.1, 0.15) is 17.3 Å². The standard InChI is InChI=1S/C20H13ClN2O2/c21-14-7-5-13(6-8-14)18-11-9-15(25-18)10-12-19-22-17-4-2-1-3-16(17)20(24)23-19/h1-12H,(H,22,23,24)/b12-10+. The van der Waals surface area contributed by atoms with Crippen LogP contribution in [0, 0.1) is 0 Å². The van der Waals surface area contributed by atoms with Gasteiger partial charge >= 0.3 is 0 Å². The molecule has 2 aromatic carbocycles. The fourth-order valence-electron chi connectivity index (χ4n) is 2.56. The summed E-state index contributed by atoms with van der Waals surface area (Å²) in [5.74, 6) is 1.89. The fourth-order valence-corrected chi connectivity index (χ4v) is 2.68. The molecular formula is C20H13ClN2O2. The molecule has 0 saturated carbocycles. The third kappa shape index (κ3) is 3.25. The van der Waals surface area contributed by atoms with Crippen molar-refractivity contribution >= 4 is 34.7 Å². The van der Waals surface area contributed by atoms with E-state index < -0.39 is 0 Å². The molecule has 5 heteroatoms. The predicted molar refractivity (Wildman–Crippen MR) is 100 cm³/mol. The summed E-state index contributed by atoms with van der Waals surface area (Å²) in [5.41, 5.74) is 1.44. The van der Waals surface area contributed by atoms with Crippen molar-refractivity contribution in [1.29, 1.82) is 0 Å². The lowest BCUT2D eigenvalue weighted by molar-refractivity contribution is 0.572. The number of para-hydroxylation sites is 1. The van der Waals surface area contributed by atoms with Crippen LogP contribution < -0.4 is 5.56 Å². The molecule has 4 aromatic rings. The van der Waals surface area contributed by atoms with Crippen molar-refractivity contribution in [3.05, 3.63) is 87.6 Å². The van der Waals surface area contributed by atoms with Crippen LogP contribution in [0.5, 0.6) is 0 Å². The zero-order chi connectivity index (χ0) is 17.2. The van der Waals surface area contributed by atoms with Crippen LogP contribution in [0.3, 0.4) is 0 Å². The Morgan fingerprint density at radius 3 is 2.60 bits per heavy atom. The maximum absolute atomic E-state index is 12.1. The third-order valence-corrected chi connectivity index (χ3v) is 4.04. The lowest BCUT2D eigenvalue weighted by Gasteiger charge is -1.98. The first kappa shape index (κ1) is 15.4. The highest BCUT2D eigenvalue weighted by Crippen LogP contribution is 2.24. The molecule has 0 bridgehead atoms. The molecule has 0 aliphatic rings. The normalized spacial score (nSPS) is 11.4. The number of furan rings is 1. The molecule has 0 saturated heterocycles. The first-order valence-electron chi connectivity index (χ1n) is 7.72. The maximum Gasteiger partial charge on any atom is 0.259 e. The Bertz CT molecular complexity index is 1120. The monoisotopic (exact) mass is 348 g/mol. The summed E-state index contributed by atoms with van der Waals surface area (Å²) in [6, 6.07) is 18.4. The second-order valence-corrected chi connectivity index (χ2v) is 5.95. The number of halogens is 1. The molecular weight excluding hydrogens is 336 g/mol. The lowest BCUT2D eigenvalue weighted by Crippen LogP contribution is -2.09. The van der Waals surface area contributed by atoms with E-state index >= 15 is 0 Å². The molecule has 0 amide bonds. The van der Waals surface area contributed by atoms with Crippen LogP contribution in [-0.2, 0) is 0 Å². The molecule has 0 unspecified atom stereocenters. The van der Waals surface area contributed by atoms with Gasteiger partial charge in [0.15, 0.2) is 0 Å². The average Bonchev–Trinajstić information content (AvgIpc) is 3.10. The minimum atomic E-state index is -0.161. The smallest absolute Gasteiger partial charge is 0.259 e. The summed E-state index contributed by atoms with van der Waals surface area (Å²) >= 11 is 5.90. The Labute approximate surface area is 148 Å². The SMILES string of the molecule is O=c1[nH]c(/C=C/c2ccc(-c3ccc(Cl)cc3)o2)nc2ccccc12. The van der Waals surface area contributed by atoms with Crippen LogP contribution in [-0.4, -0.2) is 9.97 Å². The van der Waals surface area contributed by atoms with Gasteiger partial charge in [0.2, 0.25) is 0 Å². The van der Waals surface area contributed by atoms with Crippen molar-refractivity contribution < 1.29 is 4.42 Å². The number of hydrogen-bond acceptors (Lipinski definition) is 3. The predicted octanol–water partition coefficient (Wildman–Crippen LogP) is 5.01. The number of fused-ring (bicyclic) bond motifs is 1. The lowest BCUT2D eigenvalue weighted by atomic mass is 10.2. The number of rotatable bonds is 3. The number of benzene rings is 2. The number of nitrogens with one attached hydrogen (secondary N) is 1. The quantitative estimate of drug-likeness (QED) is 0.566. The summed E-state index contributed by atoms with van der Waals surface area (Å²) in [6.07, 6.45) is 3.49. The van der Waals surface area contributed by atoms with Crippen molar-refractivity contribution in [1.82, 2.24) is 9.97 Å². The van der Waals surface area contributed by atoms with Gasteiger partial charge in [-0.1, -0.05) is 23.7 Å². The van der Waals surface area contributed by atoms with Crippen molar-refractivity contribution in [2.24, 2.45) is 0 Å². The van der Waals surface area contributed by atoms with Crippen LogP contribution in [0.1, 0.15) is 11.6 Å². The van der Waals surface area contributed by atoms with Crippen LogP contribution in [0.2, 0.25) is 5.02 Å². The Hall–Kier alpha value is -3.11. The summed E-state index contributed by atoms with van der Waals surface area (Å²) < 4.78 is 5.80. The summed E-state index contributed by atoms with van der Waals surface area (Å²) in [6.45, 7) is 0. The molecule has 2 aromatic heterocycles. The highest BCUT2D eigenvalue weighted by atomic mass is 35.5. The highest BCUT2D eigenvalue weighted by molar-refractivity contribution is 6.30. The van der Waals surface area contributed by atoms with Gasteiger partial charge in [0.05, 0.1) is 10.9 Å². The second-order valence-electron chi connectivity index (χ2n) is 5.51. The van der Waals surface area contributed by atoms with Gasteiger partial charge in [0, 0.05) is 10.6 Å². The first-order valence-corrected chi connectivity index (χ1v) is 8.10. The van der Waals surface area contributed by atoms with E-state index in [1.165, 1.54) is 0 Å². The van der Waals surface area contributed by atoms with Crippen molar-refractivity contribution in [3.8, 4) is 11.3 Å². The van der Waals surface area contributed by atoms with E-state index in [0.29, 0.717) is 27.5 Å². The van der Waals surface area contributed by atoms with Gasteiger partial charge in [-0.05, 0) is 60.7 Å². The summed E-state index contributed by atoms with van der Waals surface area (Å²) in [5, 5.41) is 1.25. The zero-order valence-electron chi connectivity index (χ0n) is 13.1. The van der Waals surface area contributed by atoms with Gasteiger partial charge in [-0.3, -0.25) is 4.79 Å². The van der Waals surface area contributed by atoms with E-state index in [2.05, 4.69) is 9.97 Å². The van der Waals surface area contributed by atoms with Crippen LogP contribution in [0.25, 0.3) is 34.4 Å². The Morgan fingerprint density at radius 2 is 1.76 bits per heavy atom. The molecule has 122 valence electrons. The molecule has 4 rings (SSSR count). The molecule has 0 aliphatic carbocycles.